The number of fused-ring (bicyclic) bond motifs is 1. The number of aromatic nitrogens is 2. The van der Waals surface area contributed by atoms with Crippen molar-refractivity contribution in [1.29, 1.82) is 0 Å². The number of nitrogens with one attached hydrogen (secondary N) is 1. The SMILES string of the molecule is O=c1c2cc(Cl)ccc2nc(Cl)n1C1CCNC1. The summed E-state index contributed by atoms with van der Waals surface area (Å²) in [6.45, 7) is 1.63. The molecule has 1 aliphatic heterocycles. The average molecular weight is 284 g/mol. The van der Waals surface area contributed by atoms with Gasteiger partial charge >= 0.3 is 0 Å². The fourth-order valence-electron chi connectivity index (χ4n) is 2.32. The molecule has 1 N–H and O–H groups in total. The van der Waals surface area contributed by atoms with Crippen LogP contribution in [0.1, 0.15) is 12.5 Å². The highest BCUT2D eigenvalue weighted by Gasteiger charge is 2.21. The average Bonchev–Trinajstić information content (AvgIpc) is 2.84. The van der Waals surface area contributed by atoms with Crippen molar-refractivity contribution in [2.45, 2.75) is 12.5 Å². The molecule has 0 spiro atoms. The second kappa shape index (κ2) is 4.53. The number of nitrogens with zero attached hydrogens (tertiary/aromatic N) is 2. The Hall–Kier alpha value is -1.10. The lowest BCUT2D eigenvalue weighted by molar-refractivity contribution is 0.526. The molecule has 1 saturated heterocycles. The van der Waals surface area contributed by atoms with Crippen molar-refractivity contribution < 1.29 is 0 Å². The lowest BCUT2D eigenvalue weighted by atomic mass is 10.2. The van der Waals surface area contributed by atoms with E-state index < -0.39 is 0 Å². The van der Waals surface area contributed by atoms with Gasteiger partial charge in [-0.1, -0.05) is 11.6 Å². The molecule has 94 valence electrons. The fraction of sp³-hybridized carbons (Fsp3) is 0.333. The summed E-state index contributed by atoms with van der Waals surface area (Å²) in [5, 5.41) is 4.49. The van der Waals surface area contributed by atoms with E-state index in [9.17, 15) is 4.79 Å². The highest BCUT2D eigenvalue weighted by molar-refractivity contribution is 6.31. The van der Waals surface area contributed by atoms with Crippen LogP contribution >= 0.6 is 23.2 Å². The molecule has 1 fully saturated rings. The molecular weight excluding hydrogens is 273 g/mol. The van der Waals surface area contributed by atoms with Gasteiger partial charge in [-0.05, 0) is 42.8 Å². The van der Waals surface area contributed by atoms with Gasteiger partial charge in [0.05, 0.1) is 16.9 Å². The van der Waals surface area contributed by atoms with Crippen molar-refractivity contribution in [2.24, 2.45) is 0 Å². The van der Waals surface area contributed by atoms with Gasteiger partial charge in [-0.15, -0.1) is 0 Å². The molecule has 1 atom stereocenters. The van der Waals surface area contributed by atoms with Crippen LogP contribution in [0.2, 0.25) is 10.3 Å². The zero-order chi connectivity index (χ0) is 12.7. The number of hydrogen-bond donors (Lipinski definition) is 1. The Labute approximate surface area is 114 Å². The van der Waals surface area contributed by atoms with E-state index in [-0.39, 0.29) is 16.9 Å². The van der Waals surface area contributed by atoms with Gasteiger partial charge in [0.15, 0.2) is 0 Å². The summed E-state index contributed by atoms with van der Waals surface area (Å²) in [5.74, 6) is 0. The summed E-state index contributed by atoms with van der Waals surface area (Å²) < 4.78 is 1.56. The van der Waals surface area contributed by atoms with Gasteiger partial charge in [-0.2, -0.15) is 0 Å². The largest absolute Gasteiger partial charge is 0.315 e. The molecule has 2 heterocycles. The van der Waals surface area contributed by atoms with Gasteiger partial charge in [0.2, 0.25) is 5.28 Å². The van der Waals surface area contributed by atoms with Gasteiger partial charge < -0.3 is 5.32 Å². The Kier molecular flexibility index (Phi) is 3.01. The van der Waals surface area contributed by atoms with Gasteiger partial charge in [-0.3, -0.25) is 9.36 Å². The van der Waals surface area contributed by atoms with Crippen LogP contribution in [0, 0.1) is 0 Å². The predicted octanol–water partition coefficient (Wildman–Crippen LogP) is 2.24. The number of rotatable bonds is 1. The lowest BCUT2D eigenvalue weighted by Crippen LogP contribution is -2.27. The van der Waals surface area contributed by atoms with E-state index in [2.05, 4.69) is 10.3 Å². The maximum atomic E-state index is 12.4. The van der Waals surface area contributed by atoms with Gasteiger partial charge in [-0.25, -0.2) is 4.98 Å². The fourth-order valence-corrected chi connectivity index (χ4v) is 2.80. The van der Waals surface area contributed by atoms with Crippen LogP contribution in [-0.4, -0.2) is 22.6 Å². The molecule has 0 amide bonds. The molecule has 0 aliphatic carbocycles. The first-order valence-electron chi connectivity index (χ1n) is 5.75. The van der Waals surface area contributed by atoms with Gasteiger partial charge in [0, 0.05) is 11.6 Å². The van der Waals surface area contributed by atoms with Crippen molar-refractivity contribution in [2.75, 3.05) is 13.1 Å². The maximum Gasteiger partial charge on any atom is 0.262 e. The molecule has 1 aromatic carbocycles. The zero-order valence-electron chi connectivity index (χ0n) is 9.49. The van der Waals surface area contributed by atoms with Crippen LogP contribution in [0.15, 0.2) is 23.0 Å². The molecule has 0 bridgehead atoms. The van der Waals surface area contributed by atoms with Crippen molar-refractivity contribution in [1.82, 2.24) is 14.9 Å². The quantitative estimate of drug-likeness (QED) is 0.817. The van der Waals surface area contributed by atoms with Crippen LogP contribution in [-0.2, 0) is 0 Å². The minimum Gasteiger partial charge on any atom is -0.315 e. The number of halogens is 2. The monoisotopic (exact) mass is 283 g/mol. The zero-order valence-corrected chi connectivity index (χ0v) is 11.0. The maximum absolute atomic E-state index is 12.4. The molecule has 6 heteroatoms. The van der Waals surface area contributed by atoms with E-state index in [0.717, 1.165) is 19.5 Å². The van der Waals surface area contributed by atoms with Crippen LogP contribution in [0.5, 0.6) is 0 Å². The van der Waals surface area contributed by atoms with Crippen LogP contribution in [0.3, 0.4) is 0 Å². The van der Waals surface area contributed by atoms with E-state index in [1.807, 2.05) is 0 Å². The van der Waals surface area contributed by atoms with E-state index in [0.29, 0.717) is 15.9 Å². The third-order valence-corrected chi connectivity index (χ3v) is 3.72. The minimum atomic E-state index is -0.124. The van der Waals surface area contributed by atoms with Crippen molar-refractivity contribution in [3.8, 4) is 0 Å². The van der Waals surface area contributed by atoms with E-state index in [1.165, 1.54) is 0 Å². The van der Waals surface area contributed by atoms with Crippen molar-refractivity contribution >= 4 is 34.1 Å². The molecule has 3 rings (SSSR count). The topological polar surface area (TPSA) is 46.9 Å². The summed E-state index contributed by atoms with van der Waals surface area (Å²) in [4.78, 5) is 16.7. The van der Waals surface area contributed by atoms with Crippen LogP contribution in [0.25, 0.3) is 10.9 Å². The summed E-state index contributed by atoms with van der Waals surface area (Å²) >= 11 is 12.0. The van der Waals surface area contributed by atoms with E-state index in [4.69, 9.17) is 23.2 Å². The van der Waals surface area contributed by atoms with Gasteiger partial charge in [0.1, 0.15) is 0 Å². The standard InChI is InChI=1S/C12H11Cl2N3O/c13-7-1-2-10-9(5-7)11(18)17(12(14)16-10)8-3-4-15-6-8/h1-2,5,8,15H,3-4,6H2. The molecular formula is C12H11Cl2N3O. The Morgan fingerprint density at radius 2 is 2.22 bits per heavy atom. The van der Waals surface area contributed by atoms with E-state index >= 15 is 0 Å². The summed E-state index contributed by atoms with van der Waals surface area (Å²) in [7, 11) is 0. The molecule has 1 aromatic heterocycles. The summed E-state index contributed by atoms with van der Waals surface area (Å²) in [6.07, 6.45) is 0.882. The van der Waals surface area contributed by atoms with Crippen molar-refractivity contribution in [3.05, 3.63) is 38.9 Å². The lowest BCUT2D eigenvalue weighted by Gasteiger charge is -2.15. The molecule has 1 aliphatic rings. The third kappa shape index (κ3) is 1.90. The number of benzene rings is 1. The van der Waals surface area contributed by atoms with Crippen LogP contribution < -0.4 is 10.9 Å². The molecule has 0 saturated carbocycles. The second-order valence-corrected chi connectivity index (χ2v) is 5.14. The van der Waals surface area contributed by atoms with E-state index in [1.54, 1.807) is 22.8 Å². The highest BCUT2D eigenvalue weighted by Crippen LogP contribution is 2.21. The normalized spacial score (nSPS) is 19.6. The Bertz CT molecular complexity index is 662. The summed E-state index contributed by atoms with van der Waals surface area (Å²) in [5.41, 5.74) is 0.456. The molecule has 2 aromatic rings. The Balaban J connectivity index is 2.28. The highest BCUT2D eigenvalue weighted by atomic mass is 35.5. The molecule has 4 nitrogen and oxygen atoms in total. The van der Waals surface area contributed by atoms with Crippen molar-refractivity contribution in [3.63, 3.8) is 0 Å². The number of hydrogen-bond acceptors (Lipinski definition) is 3. The Morgan fingerprint density at radius 1 is 1.39 bits per heavy atom. The first-order valence-corrected chi connectivity index (χ1v) is 6.50. The molecule has 18 heavy (non-hydrogen) atoms. The molecule has 0 radical (unpaired) electrons. The summed E-state index contributed by atoms with van der Waals surface area (Å²) in [6, 6.07) is 5.12. The minimum absolute atomic E-state index is 0.0703. The first kappa shape index (κ1) is 12.0. The van der Waals surface area contributed by atoms with Crippen LogP contribution in [0.4, 0.5) is 0 Å². The smallest absolute Gasteiger partial charge is 0.262 e. The Morgan fingerprint density at radius 3 is 2.94 bits per heavy atom. The first-order chi connectivity index (χ1) is 8.66. The predicted molar refractivity (Wildman–Crippen MR) is 72.5 cm³/mol. The molecule has 1 unspecified atom stereocenters. The second-order valence-electron chi connectivity index (χ2n) is 4.36. The third-order valence-electron chi connectivity index (χ3n) is 3.22. The van der Waals surface area contributed by atoms with Gasteiger partial charge in [0.25, 0.3) is 5.56 Å².